The molecule has 2 N–H and O–H groups in total. The van der Waals surface area contributed by atoms with E-state index in [2.05, 4.69) is 10.6 Å². The fourth-order valence-electron chi connectivity index (χ4n) is 6.13. The first-order valence-corrected chi connectivity index (χ1v) is 17.9. The minimum Gasteiger partial charge on any atom is -0.342 e. The lowest BCUT2D eigenvalue weighted by Crippen LogP contribution is -2.58. The molecule has 12 nitrogen and oxygen atoms in total. The second-order valence-electron chi connectivity index (χ2n) is 14.3. The number of benzene rings is 1. The number of carbonyl (C=O) groups excluding carboxylic acids is 6. The van der Waals surface area contributed by atoms with Crippen LogP contribution in [-0.4, -0.2) is 114 Å². The standard InChI is InChI=1S/C38H60N6O6/c1-11-27(6)34(38(50)44-20-16-13-17-21-44)40-32(46)24-41(8)35(47)31(23-29-18-14-12-15-19-29)42(9)36(48)30(22-25(2)3)43(10)37(49)33(26(4)5)39-28(7)45/h12,14-15,18-19,25,27,30-31,34H,11,13,16-17,20-24H2,1-10H3,(H,39,45)(H,40,46)/t27-,30-,31-,34-/m0/s1. The number of piperidine rings is 1. The zero-order valence-electron chi connectivity index (χ0n) is 31.9. The van der Waals surface area contributed by atoms with E-state index in [1.807, 2.05) is 62.9 Å². The van der Waals surface area contributed by atoms with Crippen LogP contribution in [-0.2, 0) is 35.2 Å². The summed E-state index contributed by atoms with van der Waals surface area (Å²) < 4.78 is 0. The molecule has 2 rings (SSSR count). The molecule has 0 bridgehead atoms. The quantitative estimate of drug-likeness (QED) is 0.254. The predicted octanol–water partition coefficient (Wildman–Crippen LogP) is 3.36. The van der Waals surface area contributed by atoms with Gasteiger partial charge in [0.05, 0.1) is 6.54 Å². The number of likely N-dealkylation sites (tertiary alicyclic amines) is 1. The highest BCUT2D eigenvalue weighted by Gasteiger charge is 2.38. The Morgan fingerprint density at radius 2 is 1.42 bits per heavy atom. The maximum absolute atomic E-state index is 14.3. The van der Waals surface area contributed by atoms with Gasteiger partial charge in [-0.15, -0.1) is 0 Å². The van der Waals surface area contributed by atoms with E-state index in [4.69, 9.17) is 0 Å². The van der Waals surface area contributed by atoms with Crippen molar-refractivity contribution in [1.82, 2.24) is 30.2 Å². The Labute approximate surface area is 299 Å². The van der Waals surface area contributed by atoms with Crippen LogP contribution in [0.25, 0.3) is 0 Å². The molecule has 0 aliphatic carbocycles. The largest absolute Gasteiger partial charge is 0.342 e. The minimum absolute atomic E-state index is 0.0178. The van der Waals surface area contributed by atoms with Gasteiger partial charge in [-0.25, -0.2) is 0 Å². The van der Waals surface area contributed by atoms with Gasteiger partial charge in [0.1, 0.15) is 23.8 Å². The SMILES string of the molecule is CC[C@H](C)[C@H](NC(=O)CN(C)C(=O)[C@H](Cc1ccccc1)N(C)C(=O)[C@H](CC(C)C)N(C)C(=O)C(NC(C)=O)=C(C)C)C(=O)N1CCCCC1. The normalized spacial score (nSPS) is 15.2. The lowest BCUT2D eigenvalue weighted by molar-refractivity contribution is -0.150. The minimum atomic E-state index is -1.00. The number of likely N-dealkylation sites (N-methyl/N-ethyl adjacent to an activating group) is 3. The first kappa shape index (κ1) is 41.9. The van der Waals surface area contributed by atoms with Crippen LogP contribution >= 0.6 is 0 Å². The zero-order valence-corrected chi connectivity index (χ0v) is 31.9. The van der Waals surface area contributed by atoms with Crippen LogP contribution in [0.5, 0.6) is 0 Å². The summed E-state index contributed by atoms with van der Waals surface area (Å²) >= 11 is 0. The predicted molar refractivity (Wildman–Crippen MR) is 194 cm³/mol. The summed E-state index contributed by atoms with van der Waals surface area (Å²) in [6.07, 6.45) is 4.14. The molecule has 1 fully saturated rings. The van der Waals surface area contributed by atoms with Gasteiger partial charge in [-0.05, 0) is 62.5 Å². The van der Waals surface area contributed by atoms with Gasteiger partial charge in [-0.1, -0.05) is 64.4 Å². The van der Waals surface area contributed by atoms with Crippen molar-refractivity contribution < 1.29 is 28.8 Å². The fraction of sp³-hybridized carbons (Fsp3) is 0.632. The Morgan fingerprint density at radius 1 is 0.820 bits per heavy atom. The number of nitrogens with one attached hydrogen (secondary N) is 2. The molecule has 1 aliphatic rings. The molecular formula is C38H60N6O6. The number of amides is 6. The van der Waals surface area contributed by atoms with Gasteiger partial charge in [-0.3, -0.25) is 28.8 Å². The summed E-state index contributed by atoms with van der Waals surface area (Å²) in [7, 11) is 4.58. The average molecular weight is 697 g/mol. The maximum atomic E-state index is 14.3. The molecule has 278 valence electrons. The first-order valence-electron chi connectivity index (χ1n) is 17.9. The number of carbonyl (C=O) groups is 6. The van der Waals surface area contributed by atoms with Crippen LogP contribution in [0.2, 0.25) is 0 Å². The van der Waals surface area contributed by atoms with Crippen molar-refractivity contribution in [2.75, 3.05) is 40.8 Å². The molecule has 0 unspecified atom stereocenters. The second kappa shape index (κ2) is 19.8. The third-order valence-corrected chi connectivity index (χ3v) is 9.37. The molecule has 4 atom stereocenters. The Bertz CT molecular complexity index is 1370. The molecule has 50 heavy (non-hydrogen) atoms. The van der Waals surface area contributed by atoms with Crippen molar-refractivity contribution in [1.29, 1.82) is 0 Å². The Balaban J connectivity index is 2.37. The van der Waals surface area contributed by atoms with E-state index in [0.29, 0.717) is 31.5 Å². The van der Waals surface area contributed by atoms with E-state index in [1.54, 1.807) is 20.9 Å². The van der Waals surface area contributed by atoms with Gasteiger partial charge in [0.15, 0.2) is 0 Å². The van der Waals surface area contributed by atoms with Crippen molar-refractivity contribution >= 4 is 35.4 Å². The molecule has 1 heterocycles. The third kappa shape index (κ3) is 12.0. The van der Waals surface area contributed by atoms with E-state index >= 15 is 0 Å². The molecule has 0 radical (unpaired) electrons. The zero-order chi connectivity index (χ0) is 37.7. The van der Waals surface area contributed by atoms with Gasteiger partial charge >= 0.3 is 0 Å². The van der Waals surface area contributed by atoms with Crippen molar-refractivity contribution in [3.63, 3.8) is 0 Å². The lowest BCUT2D eigenvalue weighted by atomic mass is 9.96. The molecule has 0 spiro atoms. The van der Waals surface area contributed by atoms with Crippen LogP contribution < -0.4 is 10.6 Å². The molecule has 1 aliphatic heterocycles. The molecule has 12 heteroatoms. The van der Waals surface area contributed by atoms with Crippen molar-refractivity contribution in [2.45, 2.75) is 105 Å². The third-order valence-electron chi connectivity index (χ3n) is 9.37. The topological polar surface area (TPSA) is 139 Å². The smallest absolute Gasteiger partial charge is 0.270 e. The summed E-state index contributed by atoms with van der Waals surface area (Å²) in [5, 5.41) is 5.50. The molecule has 1 aromatic rings. The first-order chi connectivity index (χ1) is 23.5. The van der Waals surface area contributed by atoms with E-state index in [-0.39, 0.29) is 36.4 Å². The summed E-state index contributed by atoms with van der Waals surface area (Å²) in [5.41, 5.74) is 1.50. The Hall–Kier alpha value is -4.22. The van der Waals surface area contributed by atoms with Gasteiger partial charge in [0.25, 0.3) is 5.91 Å². The molecular weight excluding hydrogens is 636 g/mol. The summed E-state index contributed by atoms with van der Waals surface area (Å²) in [5.74, 6) is -2.45. The Morgan fingerprint density at radius 3 is 1.94 bits per heavy atom. The van der Waals surface area contributed by atoms with Gasteiger partial charge in [-0.2, -0.15) is 0 Å². The maximum Gasteiger partial charge on any atom is 0.270 e. The van der Waals surface area contributed by atoms with Crippen molar-refractivity contribution in [3.8, 4) is 0 Å². The summed E-state index contributed by atoms with van der Waals surface area (Å²) in [6.45, 7) is 13.6. The highest BCUT2D eigenvalue weighted by molar-refractivity contribution is 6.00. The summed E-state index contributed by atoms with van der Waals surface area (Å²) in [6, 6.07) is 6.65. The average Bonchev–Trinajstić information content (AvgIpc) is 3.09. The van der Waals surface area contributed by atoms with E-state index in [1.165, 1.54) is 35.7 Å². The molecule has 6 amide bonds. The molecule has 1 aromatic carbocycles. The van der Waals surface area contributed by atoms with Crippen LogP contribution in [0.1, 0.15) is 86.1 Å². The number of hydrogen-bond acceptors (Lipinski definition) is 6. The van der Waals surface area contributed by atoms with E-state index in [0.717, 1.165) is 24.8 Å². The highest BCUT2D eigenvalue weighted by Crippen LogP contribution is 2.20. The van der Waals surface area contributed by atoms with Crippen molar-refractivity contribution in [3.05, 3.63) is 47.2 Å². The van der Waals surface area contributed by atoms with E-state index < -0.39 is 47.7 Å². The second-order valence-corrected chi connectivity index (χ2v) is 14.3. The number of rotatable bonds is 16. The van der Waals surface area contributed by atoms with Crippen LogP contribution in [0, 0.1) is 11.8 Å². The number of allylic oxidation sites excluding steroid dienone is 1. The highest BCUT2D eigenvalue weighted by atomic mass is 16.2. The Kier molecular flexibility index (Phi) is 16.6. The van der Waals surface area contributed by atoms with E-state index in [9.17, 15) is 28.8 Å². The van der Waals surface area contributed by atoms with Crippen LogP contribution in [0.15, 0.2) is 41.6 Å². The summed E-state index contributed by atoms with van der Waals surface area (Å²) in [4.78, 5) is 86.7. The molecule has 1 saturated heterocycles. The van der Waals surface area contributed by atoms with Gasteiger partial charge in [0, 0.05) is 47.6 Å². The fourth-order valence-corrected chi connectivity index (χ4v) is 6.13. The van der Waals surface area contributed by atoms with Gasteiger partial charge < -0.3 is 30.2 Å². The monoisotopic (exact) mass is 696 g/mol. The number of hydrogen-bond donors (Lipinski definition) is 2. The van der Waals surface area contributed by atoms with Crippen molar-refractivity contribution in [2.24, 2.45) is 11.8 Å². The lowest BCUT2D eigenvalue weighted by Gasteiger charge is -2.37. The number of nitrogens with zero attached hydrogens (tertiary/aromatic N) is 4. The molecule has 0 aromatic heterocycles. The molecule has 0 saturated carbocycles. The van der Waals surface area contributed by atoms with Gasteiger partial charge in [0.2, 0.25) is 29.5 Å². The van der Waals surface area contributed by atoms with Crippen LogP contribution in [0.4, 0.5) is 0 Å². The van der Waals surface area contributed by atoms with Crippen LogP contribution in [0.3, 0.4) is 0 Å².